The molecule has 1 aliphatic rings. The number of hydrogen-bond acceptors (Lipinski definition) is 4. The van der Waals surface area contributed by atoms with Crippen LogP contribution in [0.15, 0.2) is 12.4 Å². The van der Waals surface area contributed by atoms with Crippen LogP contribution in [0.4, 0.5) is 0 Å². The van der Waals surface area contributed by atoms with Gasteiger partial charge < -0.3 is 9.84 Å². The summed E-state index contributed by atoms with van der Waals surface area (Å²) in [5.41, 5.74) is 0.130. The minimum absolute atomic E-state index is 0.130. The van der Waals surface area contributed by atoms with Crippen molar-refractivity contribution < 1.29 is 14.6 Å². The maximum absolute atomic E-state index is 10.6. The van der Waals surface area contributed by atoms with E-state index in [-0.39, 0.29) is 5.56 Å². The molecule has 1 N–H and O–H groups in total. The number of ether oxygens (including phenoxy) is 1. The molecule has 0 amide bonds. The highest BCUT2D eigenvalue weighted by Gasteiger charge is 2.18. The second-order valence-electron chi connectivity index (χ2n) is 3.52. The first-order valence-electron chi connectivity index (χ1n) is 4.90. The lowest BCUT2D eigenvalue weighted by Crippen LogP contribution is -2.16. The first-order valence-corrected chi connectivity index (χ1v) is 4.90. The van der Waals surface area contributed by atoms with Crippen LogP contribution in [0, 0.1) is 0 Å². The van der Waals surface area contributed by atoms with Crippen molar-refractivity contribution in [3.05, 3.63) is 23.8 Å². The predicted molar refractivity (Wildman–Crippen MR) is 51.8 cm³/mol. The molecule has 0 aromatic carbocycles. The lowest BCUT2D eigenvalue weighted by molar-refractivity contribution is 0.0694. The average molecular weight is 208 g/mol. The van der Waals surface area contributed by atoms with Crippen LogP contribution in [-0.2, 0) is 4.74 Å². The average Bonchev–Trinajstić information content (AvgIpc) is 2.30. The summed E-state index contributed by atoms with van der Waals surface area (Å²) in [6.07, 6.45) is 4.54. The van der Waals surface area contributed by atoms with Gasteiger partial charge in [-0.2, -0.15) is 0 Å². The van der Waals surface area contributed by atoms with Gasteiger partial charge in [0.25, 0.3) is 0 Å². The Morgan fingerprint density at radius 2 is 1.93 bits per heavy atom. The fourth-order valence-corrected chi connectivity index (χ4v) is 1.62. The van der Waals surface area contributed by atoms with Crippen LogP contribution < -0.4 is 0 Å². The fraction of sp³-hybridized carbons (Fsp3) is 0.500. The van der Waals surface area contributed by atoms with Gasteiger partial charge in [-0.1, -0.05) is 0 Å². The number of nitrogens with zero attached hydrogens (tertiary/aromatic N) is 2. The summed E-state index contributed by atoms with van der Waals surface area (Å²) in [4.78, 5) is 18.7. The van der Waals surface area contributed by atoms with Crippen LogP contribution in [0.1, 0.15) is 34.9 Å². The number of carboxylic acids is 1. The molecule has 0 bridgehead atoms. The van der Waals surface area contributed by atoms with Crippen molar-refractivity contribution in [2.45, 2.75) is 18.8 Å². The topological polar surface area (TPSA) is 72.3 Å². The monoisotopic (exact) mass is 208 g/mol. The minimum atomic E-state index is -0.992. The zero-order chi connectivity index (χ0) is 10.7. The summed E-state index contributed by atoms with van der Waals surface area (Å²) in [6.45, 7) is 1.46. The van der Waals surface area contributed by atoms with E-state index in [1.807, 2.05) is 0 Å². The van der Waals surface area contributed by atoms with E-state index in [0.717, 1.165) is 31.9 Å². The van der Waals surface area contributed by atoms with Gasteiger partial charge in [0, 0.05) is 31.5 Å². The number of rotatable bonds is 2. The van der Waals surface area contributed by atoms with E-state index >= 15 is 0 Å². The van der Waals surface area contributed by atoms with E-state index in [1.54, 1.807) is 0 Å². The predicted octanol–water partition coefficient (Wildman–Crippen LogP) is 1.07. The molecular formula is C10H12N2O3. The summed E-state index contributed by atoms with van der Waals surface area (Å²) in [5, 5.41) is 8.69. The van der Waals surface area contributed by atoms with Crippen LogP contribution >= 0.6 is 0 Å². The van der Waals surface area contributed by atoms with E-state index in [0.29, 0.717) is 5.92 Å². The maximum Gasteiger partial charge on any atom is 0.338 e. The molecule has 15 heavy (non-hydrogen) atoms. The summed E-state index contributed by atoms with van der Waals surface area (Å²) in [7, 11) is 0. The molecule has 5 heteroatoms. The van der Waals surface area contributed by atoms with Gasteiger partial charge in [-0.25, -0.2) is 14.8 Å². The van der Waals surface area contributed by atoms with Gasteiger partial charge in [0.2, 0.25) is 0 Å². The first kappa shape index (κ1) is 10.0. The first-order chi connectivity index (χ1) is 7.27. The molecule has 0 radical (unpaired) electrons. The standard InChI is InChI=1S/C10H12N2O3/c13-10(14)8-5-11-9(12-6-8)7-1-3-15-4-2-7/h5-7H,1-4H2,(H,13,14). The second-order valence-corrected chi connectivity index (χ2v) is 3.52. The second kappa shape index (κ2) is 4.35. The fourth-order valence-electron chi connectivity index (χ4n) is 1.62. The van der Waals surface area contributed by atoms with E-state index in [4.69, 9.17) is 9.84 Å². The molecule has 0 spiro atoms. The van der Waals surface area contributed by atoms with E-state index in [9.17, 15) is 4.79 Å². The molecule has 2 rings (SSSR count). The Kier molecular flexibility index (Phi) is 2.91. The minimum Gasteiger partial charge on any atom is -0.478 e. The molecule has 0 aliphatic carbocycles. The Morgan fingerprint density at radius 1 is 1.33 bits per heavy atom. The molecule has 1 aliphatic heterocycles. The van der Waals surface area contributed by atoms with Gasteiger partial charge in [-0.05, 0) is 12.8 Å². The van der Waals surface area contributed by atoms with Crippen molar-refractivity contribution in [1.82, 2.24) is 9.97 Å². The van der Waals surface area contributed by atoms with Crippen molar-refractivity contribution in [2.24, 2.45) is 0 Å². The Labute approximate surface area is 87.1 Å². The van der Waals surface area contributed by atoms with Crippen molar-refractivity contribution in [2.75, 3.05) is 13.2 Å². The highest BCUT2D eigenvalue weighted by atomic mass is 16.5. The summed E-state index contributed by atoms with van der Waals surface area (Å²) >= 11 is 0. The largest absolute Gasteiger partial charge is 0.478 e. The lowest BCUT2D eigenvalue weighted by Gasteiger charge is -2.20. The number of carboxylic acid groups (broad SMARTS) is 1. The maximum atomic E-state index is 10.6. The third-order valence-electron chi connectivity index (χ3n) is 2.51. The Bertz CT molecular complexity index is 344. The highest BCUT2D eigenvalue weighted by Crippen LogP contribution is 2.23. The van der Waals surface area contributed by atoms with Crippen LogP contribution in [0.3, 0.4) is 0 Å². The molecular weight excluding hydrogens is 196 g/mol. The number of carbonyl (C=O) groups is 1. The van der Waals surface area contributed by atoms with Gasteiger partial charge in [0.05, 0.1) is 5.56 Å². The van der Waals surface area contributed by atoms with Gasteiger partial charge in [-0.3, -0.25) is 0 Å². The zero-order valence-corrected chi connectivity index (χ0v) is 8.22. The summed E-state index contributed by atoms with van der Waals surface area (Å²) in [5.74, 6) is 0.0402. The third kappa shape index (κ3) is 2.30. The Hall–Kier alpha value is -1.49. The molecule has 5 nitrogen and oxygen atoms in total. The van der Waals surface area contributed by atoms with Crippen LogP contribution in [-0.4, -0.2) is 34.3 Å². The normalized spacial score (nSPS) is 17.6. The van der Waals surface area contributed by atoms with Crippen molar-refractivity contribution in [1.29, 1.82) is 0 Å². The van der Waals surface area contributed by atoms with Crippen molar-refractivity contribution in [3.8, 4) is 0 Å². The van der Waals surface area contributed by atoms with Gasteiger partial charge in [-0.15, -0.1) is 0 Å². The molecule has 0 atom stereocenters. The molecule has 2 heterocycles. The molecule has 1 aromatic heterocycles. The summed E-state index contributed by atoms with van der Waals surface area (Å²) < 4.78 is 5.23. The molecule has 0 saturated carbocycles. The number of aromatic nitrogens is 2. The van der Waals surface area contributed by atoms with Crippen LogP contribution in [0.25, 0.3) is 0 Å². The lowest BCUT2D eigenvalue weighted by atomic mass is 9.99. The van der Waals surface area contributed by atoms with Crippen molar-refractivity contribution >= 4 is 5.97 Å². The van der Waals surface area contributed by atoms with Gasteiger partial charge in [0.1, 0.15) is 5.82 Å². The quantitative estimate of drug-likeness (QED) is 0.787. The molecule has 1 fully saturated rings. The SMILES string of the molecule is O=C(O)c1cnc(C2CCOCC2)nc1. The smallest absolute Gasteiger partial charge is 0.338 e. The zero-order valence-electron chi connectivity index (χ0n) is 8.22. The van der Waals surface area contributed by atoms with Crippen molar-refractivity contribution in [3.63, 3.8) is 0 Å². The summed E-state index contributed by atoms with van der Waals surface area (Å²) in [6, 6.07) is 0. The Balaban J connectivity index is 2.11. The molecule has 1 aromatic rings. The Morgan fingerprint density at radius 3 is 2.47 bits per heavy atom. The molecule has 80 valence electrons. The molecule has 1 saturated heterocycles. The van der Waals surface area contributed by atoms with E-state index in [1.165, 1.54) is 12.4 Å². The number of aromatic carboxylic acids is 1. The number of hydrogen-bond donors (Lipinski definition) is 1. The van der Waals surface area contributed by atoms with Crippen LogP contribution in [0.2, 0.25) is 0 Å². The van der Waals surface area contributed by atoms with E-state index in [2.05, 4.69) is 9.97 Å². The van der Waals surface area contributed by atoms with Crippen LogP contribution in [0.5, 0.6) is 0 Å². The third-order valence-corrected chi connectivity index (χ3v) is 2.51. The van der Waals surface area contributed by atoms with E-state index < -0.39 is 5.97 Å². The van der Waals surface area contributed by atoms with Gasteiger partial charge in [0.15, 0.2) is 0 Å². The van der Waals surface area contributed by atoms with Gasteiger partial charge >= 0.3 is 5.97 Å². The highest BCUT2D eigenvalue weighted by molar-refractivity contribution is 5.86. The molecule has 0 unspecified atom stereocenters.